The van der Waals surface area contributed by atoms with Gasteiger partial charge in [0.05, 0.1) is 4.90 Å². The van der Waals surface area contributed by atoms with Crippen LogP contribution in [0.15, 0.2) is 65.2 Å². The van der Waals surface area contributed by atoms with E-state index in [-0.39, 0.29) is 22.2 Å². The second kappa shape index (κ2) is 7.23. The molecule has 1 heterocycles. The first-order valence-electron chi connectivity index (χ1n) is 8.16. The molecular formula is C19H17N3O4S. The number of amides is 1. The number of nitrogens with one attached hydrogen (secondary N) is 1. The first-order valence-corrected chi connectivity index (χ1v) is 9.60. The van der Waals surface area contributed by atoms with Gasteiger partial charge in [0.25, 0.3) is 16.0 Å². The Morgan fingerprint density at radius 3 is 2.74 bits per heavy atom. The number of anilines is 2. The molecule has 0 radical (unpaired) electrons. The number of fused-ring (bicyclic) bond motifs is 1. The van der Waals surface area contributed by atoms with E-state index in [0.717, 1.165) is 23.7 Å². The average molecular weight is 383 g/mol. The van der Waals surface area contributed by atoms with Crippen molar-refractivity contribution in [3.8, 4) is 6.07 Å². The van der Waals surface area contributed by atoms with Gasteiger partial charge in [-0.2, -0.15) is 13.7 Å². The molecule has 1 atom stereocenters. The smallest absolute Gasteiger partial charge is 0.294 e. The van der Waals surface area contributed by atoms with Gasteiger partial charge in [-0.15, -0.1) is 0 Å². The summed E-state index contributed by atoms with van der Waals surface area (Å²) in [6, 6.07) is 14.9. The summed E-state index contributed by atoms with van der Waals surface area (Å²) < 4.78 is 31.5. The van der Waals surface area contributed by atoms with Gasteiger partial charge in [-0.05, 0) is 43.2 Å². The van der Waals surface area contributed by atoms with Crippen molar-refractivity contribution >= 4 is 27.4 Å². The van der Waals surface area contributed by atoms with Crippen LogP contribution in [0.3, 0.4) is 0 Å². The molecule has 1 unspecified atom stereocenters. The standard InChI is InChI=1S/C19H17N3O4S/c1-13-9-14-5-2-3-8-18(14)22(13)12-15(11-20)19(23)21-16-6-4-7-17(10-16)27(24,25)26/h2-8,10,12-13H,9H2,1H3,(H,21,23)(H,24,25,26)/b15-12-. The van der Waals surface area contributed by atoms with Crippen LogP contribution in [0.5, 0.6) is 0 Å². The summed E-state index contributed by atoms with van der Waals surface area (Å²) in [4.78, 5) is 14.0. The third-order valence-corrected chi connectivity index (χ3v) is 5.13. The normalized spacial score (nSPS) is 16.6. The quantitative estimate of drug-likeness (QED) is 0.477. The molecule has 8 heteroatoms. The van der Waals surface area contributed by atoms with E-state index in [2.05, 4.69) is 5.32 Å². The minimum absolute atomic E-state index is 0.0985. The fraction of sp³-hybridized carbons (Fsp3) is 0.158. The van der Waals surface area contributed by atoms with Crippen LogP contribution in [0.4, 0.5) is 11.4 Å². The number of rotatable bonds is 4. The maximum Gasteiger partial charge on any atom is 0.294 e. The van der Waals surface area contributed by atoms with E-state index >= 15 is 0 Å². The van der Waals surface area contributed by atoms with Gasteiger partial charge in [0.15, 0.2) is 0 Å². The minimum Gasteiger partial charge on any atom is -0.343 e. The summed E-state index contributed by atoms with van der Waals surface area (Å²) in [5.74, 6) is -0.665. The van der Waals surface area contributed by atoms with Crippen LogP contribution in [-0.2, 0) is 21.3 Å². The van der Waals surface area contributed by atoms with Crippen LogP contribution in [0.2, 0.25) is 0 Å². The third-order valence-electron chi connectivity index (χ3n) is 4.28. The van der Waals surface area contributed by atoms with E-state index in [9.17, 15) is 18.5 Å². The highest BCUT2D eigenvalue weighted by Gasteiger charge is 2.25. The zero-order valence-corrected chi connectivity index (χ0v) is 15.3. The van der Waals surface area contributed by atoms with E-state index in [1.807, 2.05) is 42.2 Å². The fourth-order valence-corrected chi connectivity index (χ4v) is 3.52. The van der Waals surface area contributed by atoms with Gasteiger partial charge < -0.3 is 10.2 Å². The lowest BCUT2D eigenvalue weighted by Gasteiger charge is -2.20. The van der Waals surface area contributed by atoms with E-state index in [0.29, 0.717) is 0 Å². The fourth-order valence-electron chi connectivity index (χ4n) is 3.00. The summed E-state index contributed by atoms with van der Waals surface area (Å²) in [5, 5.41) is 11.9. The Balaban J connectivity index is 1.86. The molecule has 1 aliphatic heterocycles. The van der Waals surface area contributed by atoms with Gasteiger partial charge >= 0.3 is 0 Å². The molecule has 0 aliphatic carbocycles. The SMILES string of the molecule is CC1Cc2ccccc2N1/C=C(/C#N)C(=O)Nc1cccc(S(=O)(=O)O)c1. The Labute approximate surface area is 157 Å². The Bertz CT molecular complexity index is 1070. The Morgan fingerprint density at radius 2 is 2.04 bits per heavy atom. The zero-order valence-electron chi connectivity index (χ0n) is 14.5. The molecule has 0 spiro atoms. The predicted octanol–water partition coefficient (Wildman–Crippen LogP) is 2.73. The Hall–Kier alpha value is -3.15. The van der Waals surface area contributed by atoms with Gasteiger partial charge in [-0.1, -0.05) is 24.3 Å². The first-order chi connectivity index (χ1) is 12.8. The number of para-hydroxylation sites is 1. The summed E-state index contributed by atoms with van der Waals surface area (Å²) in [6.07, 6.45) is 2.31. The van der Waals surface area contributed by atoms with Crippen molar-refractivity contribution < 1.29 is 17.8 Å². The average Bonchev–Trinajstić information content (AvgIpc) is 2.94. The highest BCUT2D eigenvalue weighted by molar-refractivity contribution is 7.85. The number of hydrogen-bond donors (Lipinski definition) is 2. The highest BCUT2D eigenvalue weighted by Crippen LogP contribution is 2.32. The monoisotopic (exact) mass is 383 g/mol. The first kappa shape index (κ1) is 18.6. The van der Waals surface area contributed by atoms with Crippen molar-refractivity contribution in [2.45, 2.75) is 24.3 Å². The molecule has 1 amide bonds. The zero-order chi connectivity index (χ0) is 19.6. The molecule has 0 saturated carbocycles. The van der Waals surface area contributed by atoms with Crippen LogP contribution >= 0.6 is 0 Å². The Morgan fingerprint density at radius 1 is 1.30 bits per heavy atom. The largest absolute Gasteiger partial charge is 0.343 e. The van der Waals surface area contributed by atoms with Crippen molar-refractivity contribution in [2.24, 2.45) is 0 Å². The lowest BCUT2D eigenvalue weighted by atomic mass is 10.1. The lowest BCUT2D eigenvalue weighted by Crippen LogP contribution is -2.25. The van der Waals surface area contributed by atoms with Crippen LogP contribution in [-0.4, -0.2) is 24.9 Å². The van der Waals surface area contributed by atoms with Crippen LogP contribution in [0.1, 0.15) is 12.5 Å². The van der Waals surface area contributed by atoms with Gasteiger partial charge in [-0.25, -0.2) is 0 Å². The number of benzene rings is 2. The Kier molecular flexibility index (Phi) is 4.99. The summed E-state index contributed by atoms with van der Waals surface area (Å²) in [5.41, 5.74) is 2.13. The van der Waals surface area contributed by atoms with Gasteiger partial charge in [0, 0.05) is 23.6 Å². The maximum atomic E-state index is 12.5. The molecule has 1 aliphatic rings. The van der Waals surface area contributed by atoms with Crippen LogP contribution in [0.25, 0.3) is 0 Å². The van der Waals surface area contributed by atoms with E-state index in [1.54, 1.807) is 0 Å². The molecule has 0 saturated heterocycles. The molecule has 138 valence electrons. The molecule has 27 heavy (non-hydrogen) atoms. The summed E-state index contributed by atoms with van der Waals surface area (Å²) in [6.45, 7) is 2.00. The topological polar surface area (TPSA) is 111 Å². The van der Waals surface area contributed by atoms with E-state index < -0.39 is 16.0 Å². The van der Waals surface area contributed by atoms with Crippen molar-refractivity contribution in [3.05, 3.63) is 65.9 Å². The molecule has 0 aromatic heterocycles. The molecule has 2 aromatic rings. The van der Waals surface area contributed by atoms with Crippen LogP contribution < -0.4 is 10.2 Å². The summed E-state index contributed by atoms with van der Waals surface area (Å²) >= 11 is 0. The van der Waals surface area contributed by atoms with Gasteiger partial charge in [-0.3, -0.25) is 9.35 Å². The van der Waals surface area contributed by atoms with Crippen molar-refractivity contribution in [1.29, 1.82) is 5.26 Å². The minimum atomic E-state index is -4.39. The predicted molar refractivity (Wildman–Crippen MR) is 101 cm³/mol. The number of carbonyl (C=O) groups excluding carboxylic acids is 1. The van der Waals surface area contributed by atoms with Crippen molar-refractivity contribution in [3.63, 3.8) is 0 Å². The van der Waals surface area contributed by atoms with Gasteiger partial charge in [0.1, 0.15) is 11.6 Å². The molecule has 2 N–H and O–H groups in total. The molecule has 0 bridgehead atoms. The second-order valence-electron chi connectivity index (χ2n) is 6.20. The summed E-state index contributed by atoms with van der Waals surface area (Å²) in [7, 11) is -4.39. The second-order valence-corrected chi connectivity index (χ2v) is 7.62. The molecular weight excluding hydrogens is 366 g/mol. The number of hydrogen-bond acceptors (Lipinski definition) is 5. The highest BCUT2D eigenvalue weighted by atomic mass is 32.2. The third kappa shape index (κ3) is 4.00. The maximum absolute atomic E-state index is 12.5. The van der Waals surface area contributed by atoms with Gasteiger partial charge in [0.2, 0.25) is 0 Å². The molecule has 0 fully saturated rings. The molecule has 3 rings (SSSR count). The van der Waals surface area contributed by atoms with E-state index in [1.165, 1.54) is 24.4 Å². The molecule has 7 nitrogen and oxygen atoms in total. The molecule has 2 aromatic carbocycles. The van der Waals surface area contributed by atoms with E-state index in [4.69, 9.17) is 4.55 Å². The number of nitriles is 1. The lowest BCUT2D eigenvalue weighted by molar-refractivity contribution is -0.112. The number of nitrogens with zero attached hydrogens (tertiary/aromatic N) is 2. The van der Waals surface area contributed by atoms with Crippen molar-refractivity contribution in [2.75, 3.05) is 10.2 Å². The van der Waals surface area contributed by atoms with Crippen molar-refractivity contribution in [1.82, 2.24) is 0 Å². The van der Waals surface area contributed by atoms with Crippen LogP contribution in [0, 0.1) is 11.3 Å². The number of carbonyl (C=O) groups is 1.